The number of carbonyl (C=O) groups excluding carboxylic acids is 1. The molecule has 0 aliphatic carbocycles. The van der Waals surface area contributed by atoms with Crippen molar-refractivity contribution >= 4 is 17.2 Å². The first-order valence-corrected chi connectivity index (χ1v) is 11.7. The number of rotatable bonds is 7. The van der Waals surface area contributed by atoms with E-state index in [-0.39, 0.29) is 19.3 Å². The fourth-order valence-electron chi connectivity index (χ4n) is 3.53. The van der Waals surface area contributed by atoms with Gasteiger partial charge in [0.05, 0.1) is 5.56 Å². The molecule has 1 aliphatic heterocycles. The molecular weight excluding hydrogens is 493 g/mol. The number of thiazole rings is 1. The SMILES string of the molecule is O=C(NCc1ccc2c(c1)OCO2)c1csc(-c2ccc(OCc3cccc(C(F)(F)F)c3)cc2)n1. The highest BCUT2D eigenvalue weighted by molar-refractivity contribution is 7.13. The van der Waals surface area contributed by atoms with Gasteiger partial charge in [-0.15, -0.1) is 11.3 Å². The molecule has 5 rings (SSSR count). The van der Waals surface area contributed by atoms with Crippen LogP contribution in [0.25, 0.3) is 10.6 Å². The van der Waals surface area contributed by atoms with Crippen molar-refractivity contribution in [2.24, 2.45) is 0 Å². The largest absolute Gasteiger partial charge is 0.489 e. The maximum atomic E-state index is 12.9. The van der Waals surface area contributed by atoms with Gasteiger partial charge in [-0.25, -0.2) is 4.98 Å². The summed E-state index contributed by atoms with van der Waals surface area (Å²) in [4.78, 5) is 17.0. The molecule has 0 spiro atoms. The molecule has 1 N–H and O–H groups in total. The Morgan fingerprint density at radius 3 is 2.61 bits per heavy atom. The van der Waals surface area contributed by atoms with Gasteiger partial charge in [-0.2, -0.15) is 13.2 Å². The number of ether oxygens (including phenoxy) is 3. The molecular formula is C26H19F3N2O4S. The van der Waals surface area contributed by atoms with E-state index in [9.17, 15) is 18.0 Å². The molecule has 0 atom stereocenters. The van der Waals surface area contributed by atoms with Gasteiger partial charge in [-0.05, 0) is 59.7 Å². The highest BCUT2D eigenvalue weighted by Gasteiger charge is 2.30. The first-order chi connectivity index (χ1) is 17.3. The number of halogens is 3. The van der Waals surface area contributed by atoms with Crippen molar-refractivity contribution in [3.05, 3.63) is 94.5 Å². The average molecular weight is 513 g/mol. The van der Waals surface area contributed by atoms with E-state index in [4.69, 9.17) is 14.2 Å². The maximum absolute atomic E-state index is 12.9. The minimum atomic E-state index is -4.40. The van der Waals surface area contributed by atoms with Crippen LogP contribution in [0.1, 0.15) is 27.2 Å². The van der Waals surface area contributed by atoms with Gasteiger partial charge < -0.3 is 19.5 Å². The van der Waals surface area contributed by atoms with Crippen LogP contribution >= 0.6 is 11.3 Å². The summed E-state index contributed by atoms with van der Waals surface area (Å²) < 4.78 is 54.9. The Balaban J connectivity index is 1.17. The molecule has 0 saturated carbocycles. The van der Waals surface area contributed by atoms with Crippen LogP contribution in [0.5, 0.6) is 17.2 Å². The Morgan fingerprint density at radius 1 is 1.00 bits per heavy atom. The second kappa shape index (κ2) is 9.90. The van der Waals surface area contributed by atoms with Crippen molar-refractivity contribution in [1.82, 2.24) is 10.3 Å². The van der Waals surface area contributed by atoms with E-state index in [0.29, 0.717) is 40.1 Å². The monoisotopic (exact) mass is 512 g/mol. The molecule has 0 saturated heterocycles. The first kappa shape index (κ1) is 23.7. The Hall–Kier alpha value is -4.05. The van der Waals surface area contributed by atoms with Crippen molar-refractivity contribution < 1.29 is 32.2 Å². The quantitative estimate of drug-likeness (QED) is 0.326. The lowest BCUT2D eigenvalue weighted by atomic mass is 10.1. The predicted molar refractivity (Wildman–Crippen MR) is 127 cm³/mol. The summed E-state index contributed by atoms with van der Waals surface area (Å²) in [5, 5.41) is 5.19. The zero-order valence-corrected chi connectivity index (χ0v) is 19.5. The van der Waals surface area contributed by atoms with Gasteiger partial charge in [0.15, 0.2) is 11.5 Å². The zero-order valence-electron chi connectivity index (χ0n) is 18.7. The van der Waals surface area contributed by atoms with Gasteiger partial charge in [0.25, 0.3) is 5.91 Å². The fourth-order valence-corrected chi connectivity index (χ4v) is 4.34. The van der Waals surface area contributed by atoms with Crippen LogP contribution in [0.15, 0.2) is 72.1 Å². The van der Waals surface area contributed by atoms with Gasteiger partial charge in [0, 0.05) is 17.5 Å². The van der Waals surface area contributed by atoms with E-state index in [1.165, 1.54) is 17.4 Å². The van der Waals surface area contributed by atoms with Crippen molar-refractivity contribution in [2.75, 3.05) is 6.79 Å². The molecule has 3 aromatic carbocycles. The second-order valence-corrected chi connectivity index (χ2v) is 8.78. The normalized spacial score (nSPS) is 12.4. The topological polar surface area (TPSA) is 69.7 Å². The molecule has 184 valence electrons. The van der Waals surface area contributed by atoms with Crippen LogP contribution in [0.3, 0.4) is 0 Å². The number of nitrogens with zero attached hydrogens (tertiary/aromatic N) is 1. The number of nitrogens with one attached hydrogen (secondary N) is 1. The number of alkyl halides is 3. The number of amides is 1. The van der Waals surface area contributed by atoms with E-state index in [2.05, 4.69) is 10.3 Å². The average Bonchev–Trinajstić information content (AvgIpc) is 3.56. The van der Waals surface area contributed by atoms with Gasteiger partial charge in [-0.1, -0.05) is 18.2 Å². The molecule has 10 heteroatoms. The number of benzene rings is 3. The Labute approximate surface area is 208 Å². The number of hydrogen-bond donors (Lipinski definition) is 1. The van der Waals surface area contributed by atoms with Crippen LogP contribution < -0.4 is 19.5 Å². The summed E-state index contributed by atoms with van der Waals surface area (Å²) in [5.74, 6) is 1.55. The molecule has 36 heavy (non-hydrogen) atoms. The van der Waals surface area contributed by atoms with Crippen LogP contribution in [0.2, 0.25) is 0 Å². The smallest absolute Gasteiger partial charge is 0.416 e. The third-order valence-corrected chi connectivity index (χ3v) is 6.28. The van der Waals surface area contributed by atoms with Gasteiger partial charge >= 0.3 is 6.18 Å². The molecule has 6 nitrogen and oxygen atoms in total. The molecule has 0 unspecified atom stereocenters. The molecule has 2 heterocycles. The van der Waals surface area contributed by atoms with Crippen molar-refractivity contribution in [3.63, 3.8) is 0 Å². The number of carbonyl (C=O) groups is 1. The molecule has 1 aromatic heterocycles. The van der Waals surface area contributed by atoms with Crippen LogP contribution in [0, 0.1) is 0 Å². The summed E-state index contributed by atoms with van der Waals surface area (Å²) in [5.41, 5.74) is 1.69. The van der Waals surface area contributed by atoms with E-state index >= 15 is 0 Å². The lowest BCUT2D eigenvalue weighted by Gasteiger charge is -2.10. The second-order valence-electron chi connectivity index (χ2n) is 7.92. The number of hydrogen-bond acceptors (Lipinski definition) is 6. The third kappa shape index (κ3) is 5.44. The van der Waals surface area contributed by atoms with Gasteiger partial charge in [0.1, 0.15) is 23.1 Å². The zero-order chi connectivity index (χ0) is 25.1. The van der Waals surface area contributed by atoms with Crippen LogP contribution in [-0.2, 0) is 19.3 Å². The standard InChI is InChI=1S/C26H19F3N2O4S/c27-26(28,29)19-3-1-2-17(10-19)13-33-20-7-5-18(6-8-20)25-31-21(14-36-25)24(32)30-12-16-4-9-22-23(11-16)35-15-34-22/h1-11,14H,12-13,15H2,(H,30,32). The molecule has 1 amide bonds. The molecule has 4 aromatic rings. The Bertz CT molecular complexity index is 1390. The molecule has 0 radical (unpaired) electrons. The predicted octanol–water partition coefficient (Wildman–Crippen LogP) is 6.07. The molecule has 0 bridgehead atoms. The van der Waals surface area contributed by atoms with Crippen molar-refractivity contribution in [2.45, 2.75) is 19.3 Å². The summed E-state index contributed by atoms with van der Waals surface area (Å²) >= 11 is 1.33. The number of aromatic nitrogens is 1. The Kier molecular flexibility index (Phi) is 6.51. The van der Waals surface area contributed by atoms with Gasteiger partial charge in [-0.3, -0.25) is 4.79 Å². The summed E-state index contributed by atoms with van der Waals surface area (Å²) in [6.07, 6.45) is -4.40. The lowest BCUT2D eigenvalue weighted by molar-refractivity contribution is -0.137. The van der Waals surface area contributed by atoms with E-state index in [1.54, 1.807) is 41.8 Å². The maximum Gasteiger partial charge on any atom is 0.416 e. The summed E-state index contributed by atoms with van der Waals surface area (Å²) in [6, 6.07) is 17.5. The first-order valence-electron chi connectivity index (χ1n) is 10.9. The van der Waals surface area contributed by atoms with Crippen LogP contribution in [0.4, 0.5) is 13.2 Å². The Morgan fingerprint density at radius 2 is 1.81 bits per heavy atom. The highest BCUT2D eigenvalue weighted by Crippen LogP contribution is 2.33. The number of fused-ring (bicyclic) bond motifs is 1. The highest BCUT2D eigenvalue weighted by atomic mass is 32.1. The lowest BCUT2D eigenvalue weighted by Crippen LogP contribution is -2.23. The van der Waals surface area contributed by atoms with E-state index in [1.807, 2.05) is 12.1 Å². The fraction of sp³-hybridized carbons (Fsp3) is 0.154. The third-order valence-electron chi connectivity index (χ3n) is 5.39. The minimum absolute atomic E-state index is 0.00814. The van der Waals surface area contributed by atoms with E-state index < -0.39 is 11.7 Å². The molecule has 0 fully saturated rings. The molecule has 1 aliphatic rings. The van der Waals surface area contributed by atoms with Crippen molar-refractivity contribution in [1.29, 1.82) is 0 Å². The van der Waals surface area contributed by atoms with Crippen LogP contribution in [-0.4, -0.2) is 17.7 Å². The van der Waals surface area contributed by atoms with E-state index in [0.717, 1.165) is 23.3 Å². The summed E-state index contributed by atoms with van der Waals surface area (Å²) in [6.45, 7) is 0.518. The summed E-state index contributed by atoms with van der Waals surface area (Å²) in [7, 11) is 0. The van der Waals surface area contributed by atoms with Crippen molar-refractivity contribution in [3.8, 4) is 27.8 Å². The van der Waals surface area contributed by atoms with Gasteiger partial charge in [0.2, 0.25) is 6.79 Å². The minimum Gasteiger partial charge on any atom is -0.489 e.